The molecule has 0 aromatic heterocycles. The van der Waals surface area contributed by atoms with Crippen molar-refractivity contribution in [3.63, 3.8) is 0 Å². The van der Waals surface area contributed by atoms with E-state index in [4.69, 9.17) is 23.2 Å². The van der Waals surface area contributed by atoms with E-state index in [0.717, 1.165) is 50.6 Å². The predicted molar refractivity (Wildman–Crippen MR) is 272 cm³/mol. The van der Waals surface area contributed by atoms with Crippen molar-refractivity contribution < 1.29 is 63.8 Å². The summed E-state index contributed by atoms with van der Waals surface area (Å²) in [4.78, 5) is 62.2. The number of likely N-dealkylation sites (N-methyl/N-ethyl adjacent to an activating group) is 1. The van der Waals surface area contributed by atoms with Crippen molar-refractivity contribution in [3.8, 4) is 0 Å². The van der Waals surface area contributed by atoms with E-state index in [1.165, 1.54) is 11.0 Å². The Bertz CT molecular complexity index is 2860. The summed E-state index contributed by atoms with van der Waals surface area (Å²) in [5.74, 6) is -2.40. The molecule has 2 N–H and O–H groups in total. The van der Waals surface area contributed by atoms with Crippen LogP contribution >= 0.6 is 0 Å². The molecule has 1 saturated heterocycles. The van der Waals surface area contributed by atoms with Gasteiger partial charge in [-0.25, -0.2) is 4.79 Å². The number of aliphatic imine (C=N–C) groups is 1. The molecule has 3 aromatic rings. The number of fused-ring (bicyclic) bond motifs is 2. The number of ether oxygens (including phenoxy) is 3. The van der Waals surface area contributed by atoms with Crippen LogP contribution in [-0.4, -0.2) is 160 Å². The lowest BCUT2D eigenvalue weighted by Crippen LogP contribution is -2.49. The third-order valence-corrected chi connectivity index (χ3v) is 18.3. The molecule has 1 aliphatic carbocycles. The summed E-state index contributed by atoms with van der Waals surface area (Å²) < 4.78 is 85.2. The monoisotopic (exact) mass is 1050 g/mol. The topological polar surface area (TPSA) is 237 Å². The minimum atomic E-state index is -4.86. The lowest BCUT2D eigenvalue weighted by atomic mass is 9.87. The van der Waals surface area contributed by atoms with Crippen molar-refractivity contribution in [2.75, 3.05) is 91.8 Å². The molecule has 3 aromatic carbocycles. The number of hydroxylamine groups is 2. The third-order valence-electron chi connectivity index (χ3n) is 12.6. The van der Waals surface area contributed by atoms with Gasteiger partial charge in [-0.2, -0.15) is 16.8 Å². The molecule has 1 fully saturated rings. The minimum absolute atomic E-state index is 0.00706. The first-order valence-corrected chi connectivity index (χ1v) is 29.5. The Morgan fingerprint density at radius 2 is 1.49 bits per heavy atom. The van der Waals surface area contributed by atoms with Crippen LogP contribution in [0.2, 0.25) is 13.1 Å². The van der Waals surface area contributed by atoms with Crippen LogP contribution in [0, 0.1) is 0 Å². The molecular weight excluding hydrogens is 987 g/mol. The standard InChI is InChI=1S/C50H63N5O14S2Si/c1-7-53(8-2)22-26-68-71(63,64)43-33-38(70(60,61)62)16-13-35(43)34-54(23-25-66-28-30-67-29-27-65-24-21-48(58)69-55-46(56)19-20-47(55)57)50(59)40-12-10-9-11-39(40)49-41-17-14-36(51-3)31-44(41)72(5,6)45-32-37(52-4)15-18-42(45)49/h9-18,31-33,51H,7-8,19-30,34H2,1-6H3,(H,60,61,62)/b52-37+. The maximum atomic E-state index is 15.3. The largest absolute Gasteiger partial charge is 0.388 e. The number of anilines is 1. The van der Waals surface area contributed by atoms with E-state index in [9.17, 15) is 35.8 Å². The van der Waals surface area contributed by atoms with E-state index in [0.29, 0.717) is 29.3 Å². The van der Waals surface area contributed by atoms with E-state index in [1.807, 2.05) is 56.1 Å². The Balaban J connectivity index is 1.26. The van der Waals surface area contributed by atoms with Crippen LogP contribution in [0.1, 0.15) is 60.2 Å². The molecule has 6 rings (SSSR count). The number of benzene rings is 3. The molecule has 3 aliphatic rings. The van der Waals surface area contributed by atoms with Gasteiger partial charge in [0, 0.05) is 57.8 Å². The lowest BCUT2D eigenvalue weighted by Gasteiger charge is -2.38. The van der Waals surface area contributed by atoms with Gasteiger partial charge in [-0.1, -0.05) is 63.3 Å². The van der Waals surface area contributed by atoms with Gasteiger partial charge in [0.05, 0.1) is 63.3 Å². The highest BCUT2D eigenvalue weighted by molar-refractivity contribution is 7.87. The molecule has 0 saturated carbocycles. The number of amides is 3. The van der Waals surface area contributed by atoms with Gasteiger partial charge in [-0.15, -0.1) is 5.06 Å². The molecule has 0 unspecified atom stereocenters. The lowest BCUT2D eigenvalue weighted by molar-refractivity contribution is -0.198. The molecule has 72 heavy (non-hydrogen) atoms. The van der Waals surface area contributed by atoms with Gasteiger partial charge in [0.25, 0.3) is 38.0 Å². The number of allylic oxidation sites excluding steroid dienone is 5. The quantitative estimate of drug-likeness (QED) is 0.0369. The maximum Gasteiger partial charge on any atom is 0.335 e. The summed E-state index contributed by atoms with van der Waals surface area (Å²) in [6, 6.07) is 16.6. The Morgan fingerprint density at radius 3 is 2.14 bits per heavy atom. The number of carbonyl (C=O) groups is 4. The van der Waals surface area contributed by atoms with Crippen molar-refractivity contribution in [2.24, 2.45) is 4.99 Å². The average molecular weight is 1050 g/mol. The van der Waals surface area contributed by atoms with Crippen LogP contribution in [0.4, 0.5) is 5.69 Å². The van der Waals surface area contributed by atoms with Crippen molar-refractivity contribution in [3.05, 3.63) is 112 Å². The van der Waals surface area contributed by atoms with Gasteiger partial charge in [0.1, 0.15) is 13.0 Å². The number of nitrogens with one attached hydrogen (secondary N) is 1. The molecule has 0 spiro atoms. The van der Waals surface area contributed by atoms with Crippen LogP contribution in [0.25, 0.3) is 5.57 Å². The second-order valence-corrected chi connectivity index (χ2v) is 24.7. The van der Waals surface area contributed by atoms with Gasteiger partial charge < -0.3 is 34.2 Å². The summed E-state index contributed by atoms with van der Waals surface area (Å²) >= 11 is 0. The first-order chi connectivity index (χ1) is 34.3. The van der Waals surface area contributed by atoms with Crippen molar-refractivity contribution in [1.82, 2.24) is 14.9 Å². The smallest absolute Gasteiger partial charge is 0.335 e. The summed E-state index contributed by atoms with van der Waals surface area (Å²) in [6.45, 7) is 9.79. The highest BCUT2D eigenvalue weighted by atomic mass is 32.2. The Labute approximate surface area is 422 Å². The van der Waals surface area contributed by atoms with E-state index in [-0.39, 0.29) is 90.7 Å². The Hall–Kier alpha value is -5.69. The summed E-state index contributed by atoms with van der Waals surface area (Å²) in [5.41, 5.74) is 5.55. The molecule has 2 heterocycles. The van der Waals surface area contributed by atoms with Crippen molar-refractivity contribution in [2.45, 2.75) is 62.5 Å². The van der Waals surface area contributed by atoms with Gasteiger partial charge in [0.15, 0.2) is 0 Å². The Morgan fingerprint density at radius 1 is 0.819 bits per heavy atom. The van der Waals surface area contributed by atoms with Crippen molar-refractivity contribution in [1.29, 1.82) is 0 Å². The molecule has 0 bridgehead atoms. The second-order valence-electron chi connectivity index (χ2n) is 17.4. The van der Waals surface area contributed by atoms with Crippen LogP contribution in [0.3, 0.4) is 0 Å². The van der Waals surface area contributed by atoms with Gasteiger partial charge in [0.2, 0.25) is 0 Å². The fourth-order valence-electron chi connectivity index (χ4n) is 8.55. The van der Waals surface area contributed by atoms with E-state index >= 15 is 4.79 Å². The molecule has 0 atom stereocenters. The fourth-order valence-corrected chi connectivity index (χ4v) is 13.4. The maximum absolute atomic E-state index is 15.3. The van der Waals surface area contributed by atoms with Gasteiger partial charge in [-0.3, -0.25) is 28.1 Å². The normalized spacial score (nSPS) is 16.0. The number of hydrogen-bond donors (Lipinski definition) is 2. The summed E-state index contributed by atoms with van der Waals surface area (Å²) in [6.07, 6.45) is 5.92. The van der Waals surface area contributed by atoms with E-state index < -0.39 is 61.8 Å². The highest BCUT2D eigenvalue weighted by Gasteiger charge is 2.41. The first-order valence-electron chi connectivity index (χ1n) is 23.7. The molecule has 19 nitrogen and oxygen atoms in total. The average Bonchev–Trinajstić information content (AvgIpc) is 3.68. The van der Waals surface area contributed by atoms with E-state index in [1.54, 1.807) is 19.2 Å². The fraction of sp³-hybridized carbons (Fsp3) is 0.420. The zero-order valence-corrected chi connectivity index (χ0v) is 44.1. The number of hydrogen-bond acceptors (Lipinski definition) is 16. The van der Waals surface area contributed by atoms with E-state index in [2.05, 4.69) is 41.6 Å². The van der Waals surface area contributed by atoms with Crippen LogP contribution in [0.15, 0.2) is 104 Å². The number of nitrogens with zero attached hydrogens (tertiary/aromatic N) is 4. The number of carbonyl (C=O) groups excluding carboxylic acids is 4. The first kappa shape index (κ1) is 55.6. The predicted octanol–water partition coefficient (Wildman–Crippen LogP) is 4.55. The van der Waals surface area contributed by atoms with Gasteiger partial charge >= 0.3 is 5.97 Å². The Kier molecular flexibility index (Phi) is 19.2. The zero-order valence-electron chi connectivity index (χ0n) is 41.5. The molecule has 0 radical (unpaired) electrons. The second kappa shape index (κ2) is 24.8. The SMILES string of the molecule is CCN(CC)CCOS(=O)(=O)c1cc(S(=O)(=O)O)ccc1CN(CCOCCOCCOCCC(=O)ON1C(=O)CCC1=O)C(=O)c1ccccc1C1=C2C=C/C(=N\C)C=C2[Si](C)(C)c2cc(NC)ccc21. The van der Waals surface area contributed by atoms with Crippen LogP contribution in [0.5, 0.6) is 0 Å². The van der Waals surface area contributed by atoms with Crippen LogP contribution in [-0.2, 0) is 64.4 Å². The number of rotatable bonds is 26. The summed E-state index contributed by atoms with van der Waals surface area (Å²) in [5, 5.41) is 6.06. The molecule has 388 valence electrons. The zero-order chi connectivity index (χ0) is 52.2. The molecule has 3 amide bonds. The molecule has 2 aliphatic heterocycles. The number of imide groups is 1. The third kappa shape index (κ3) is 13.5. The van der Waals surface area contributed by atoms with Crippen LogP contribution < -0.4 is 10.5 Å². The highest BCUT2D eigenvalue weighted by Crippen LogP contribution is 2.43. The summed E-state index contributed by atoms with van der Waals surface area (Å²) in [7, 11) is -8.25. The minimum Gasteiger partial charge on any atom is -0.388 e. The molecular formula is C50H63N5O14S2Si. The van der Waals surface area contributed by atoms with Crippen molar-refractivity contribution >= 4 is 74.2 Å². The molecule has 22 heteroatoms. The van der Waals surface area contributed by atoms with Gasteiger partial charge in [-0.05, 0) is 93.8 Å².